The third-order valence-electron chi connectivity index (χ3n) is 19.9. The smallest absolute Gasteiger partial charge is 0.415 e. The SMILES string of the molecule is C#CCOC(=O)N(C)Cc1cc(NC(=O)[C@H](CCCNC(N)=O)NC(=O)[C@@H](NC(=O)OC(C)(C)C)C(C)C)ccc1COC(=O)N(C)CCN(C)C(=O)Oc1cc(-c2sc3ncnc(O[C@H](Cc4ccccc4OCc4ccnc(-c5ccccc5OC)n4)C(=O)O)c3c2-c2ccc(OCCN3CC[N+](C)(CCCS(=O)(=O)O)CC3)c(Cl)c2C)ccc1F. The molecule has 123 heavy (non-hydrogen) atoms. The van der Waals surface area contributed by atoms with E-state index in [4.69, 9.17) is 66.6 Å². The van der Waals surface area contributed by atoms with Crippen LogP contribution in [0.2, 0.25) is 5.02 Å². The molecule has 0 unspecified atom stereocenters. The average Bonchev–Trinajstić information content (AvgIpc) is 1.60. The summed E-state index contributed by atoms with van der Waals surface area (Å²) in [6.45, 7) is 13.3. The molecule has 8 N–H and O–H groups in total. The van der Waals surface area contributed by atoms with Gasteiger partial charge in [0.25, 0.3) is 10.1 Å². The molecule has 38 heteroatoms. The Morgan fingerprint density at radius 1 is 0.797 bits per heavy atom. The van der Waals surface area contributed by atoms with Gasteiger partial charge in [0.05, 0.1) is 61.2 Å². The number of aromatic nitrogens is 4. The Labute approximate surface area is 721 Å². The number of alkyl carbamates (subject to hydrolysis) is 1. The number of methoxy groups -OCH3 is 1. The number of benzene rings is 5. The first kappa shape index (κ1) is 94.6. The summed E-state index contributed by atoms with van der Waals surface area (Å²) >= 11 is 8.42. The quantitative estimate of drug-likeness (QED) is 0.00618. The summed E-state index contributed by atoms with van der Waals surface area (Å²) in [7, 11) is 3.74. The van der Waals surface area contributed by atoms with Gasteiger partial charge in [0, 0.05) is 102 Å². The lowest BCUT2D eigenvalue weighted by Crippen LogP contribution is -2.58. The number of amides is 8. The van der Waals surface area contributed by atoms with Gasteiger partial charge in [-0.25, -0.2) is 53.1 Å². The van der Waals surface area contributed by atoms with E-state index < -0.39 is 99.6 Å². The van der Waals surface area contributed by atoms with Crippen molar-refractivity contribution in [2.45, 2.75) is 111 Å². The van der Waals surface area contributed by atoms with Crippen LogP contribution in [0.1, 0.15) is 81.8 Å². The number of carboxylic acids is 1. The van der Waals surface area contributed by atoms with Crippen LogP contribution in [0, 0.1) is 31.0 Å². The number of nitrogens with one attached hydrogen (secondary N) is 4. The van der Waals surface area contributed by atoms with Gasteiger partial charge < -0.3 is 89.2 Å². The van der Waals surface area contributed by atoms with Crippen LogP contribution in [0.3, 0.4) is 0 Å². The number of aliphatic carboxylic acids is 1. The molecule has 0 bridgehead atoms. The number of ether oxygens (including phenoxy) is 8. The number of urea groups is 1. The van der Waals surface area contributed by atoms with E-state index in [2.05, 4.69) is 54.1 Å². The summed E-state index contributed by atoms with van der Waals surface area (Å²) in [5.74, 6) is -1.16. The highest BCUT2D eigenvalue weighted by molar-refractivity contribution is 7.85. The second kappa shape index (κ2) is 43.5. The molecule has 0 radical (unpaired) electrons. The van der Waals surface area contributed by atoms with Gasteiger partial charge in [0.2, 0.25) is 23.8 Å². The highest BCUT2D eigenvalue weighted by Gasteiger charge is 2.35. The molecule has 3 atom stereocenters. The summed E-state index contributed by atoms with van der Waals surface area (Å²) in [6.07, 6.45) is 3.31. The zero-order valence-electron chi connectivity index (χ0n) is 70.2. The van der Waals surface area contributed by atoms with E-state index in [1.165, 1.54) is 67.6 Å². The van der Waals surface area contributed by atoms with E-state index in [0.29, 0.717) is 120 Å². The van der Waals surface area contributed by atoms with Crippen molar-refractivity contribution >= 4 is 97.1 Å². The largest absolute Gasteiger partial charge is 0.496 e. The standard InChI is InChI=1S/C85H102ClFN14O20S2/c1-13-42-116-83(109)99(10)48-57-45-58(94-75(102)63(22-18-32-90-80(88)106)95-76(103)72(52(2)3)96-81(107)121-85(5,6)7)27-25-56(57)49-118-82(108)97(8)34-35-98(9)84(110)120-67-47-55(26-29-62(67)87)73-69(60-28-30-66(71(86)53(60)4)115-43-38-100-36-40-101(11,41-37-100)39-19-44-123(111,112)113)70-77(91-51-92-78(70)122-73)119-68(79(104)105)46-54-20-14-16-23-64(54)117-50-59-31-33-89-74(93-59)61-21-15-17-24-65(61)114-12/h1,14-17,20-21,23-31,33,45,47,51-52,63,68,72H,18-19,22,32,34-44,46,48-50H2,2-12H3,(H7-,88,90,94,95,96,102,103,104,105,106,107,111,112,113)/p+1/t63-,68+,72-/m0/s1. The molecule has 0 spiro atoms. The van der Waals surface area contributed by atoms with E-state index in [-0.39, 0.29) is 99.6 Å². The lowest BCUT2D eigenvalue weighted by atomic mass is 9.95. The summed E-state index contributed by atoms with van der Waals surface area (Å²) < 4.78 is 95.9. The molecule has 0 saturated carbocycles. The number of thiophene rings is 1. The van der Waals surface area contributed by atoms with Gasteiger partial charge in [-0.1, -0.05) is 79.9 Å². The number of terminal acetylenes is 1. The number of carbonyl (C=O) groups excluding carboxylic acids is 7. The Morgan fingerprint density at radius 2 is 1.50 bits per heavy atom. The van der Waals surface area contributed by atoms with Crippen molar-refractivity contribution in [1.82, 2.24) is 55.5 Å². The number of nitrogens with zero attached hydrogens (tertiary/aromatic N) is 9. The zero-order valence-corrected chi connectivity index (χ0v) is 72.6. The molecule has 658 valence electrons. The molecule has 1 aliphatic rings. The van der Waals surface area contributed by atoms with E-state index in [9.17, 15) is 56.4 Å². The summed E-state index contributed by atoms with van der Waals surface area (Å²) in [5, 5.41) is 22.0. The number of halogens is 2. The van der Waals surface area contributed by atoms with E-state index >= 15 is 4.39 Å². The van der Waals surface area contributed by atoms with Crippen molar-refractivity contribution in [3.05, 3.63) is 154 Å². The number of fused-ring (bicyclic) bond motifs is 1. The van der Waals surface area contributed by atoms with Gasteiger partial charge in [-0.2, -0.15) is 8.42 Å². The van der Waals surface area contributed by atoms with Gasteiger partial charge in [-0.15, -0.1) is 17.8 Å². The number of nitrogens with two attached hydrogens (primary N) is 1. The van der Waals surface area contributed by atoms with Crippen molar-refractivity contribution in [1.29, 1.82) is 0 Å². The number of quaternary nitrogens is 1. The van der Waals surface area contributed by atoms with Gasteiger partial charge in [0.15, 0.2) is 24.0 Å². The normalized spacial score (nSPS) is 13.4. The molecule has 5 aromatic carbocycles. The van der Waals surface area contributed by atoms with Crippen LogP contribution in [0.5, 0.6) is 28.9 Å². The summed E-state index contributed by atoms with van der Waals surface area (Å²) in [5.41, 5.74) is 8.66. The summed E-state index contributed by atoms with van der Waals surface area (Å²) in [4.78, 5) is 132. The van der Waals surface area contributed by atoms with Crippen molar-refractivity contribution < 1.29 is 103 Å². The van der Waals surface area contributed by atoms with Crippen LogP contribution in [0.15, 0.2) is 116 Å². The number of primary amides is 1. The Hall–Kier alpha value is -12.2. The van der Waals surface area contributed by atoms with Crippen LogP contribution in [-0.4, -0.2) is 247 Å². The number of hydrogen-bond acceptors (Lipinski definition) is 24. The zero-order chi connectivity index (χ0) is 89.5. The van der Waals surface area contributed by atoms with Gasteiger partial charge in [0.1, 0.15) is 65.9 Å². The maximum absolute atomic E-state index is 16.3. The van der Waals surface area contributed by atoms with Crippen molar-refractivity contribution in [2.75, 3.05) is 118 Å². The maximum atomic E-state index is 16.3. The van der Waals surface area contributed by atoms with Gasteiger partial charge in [-0.05, 0) is 134 Å². The van der Waals surface area contributed by atoms with Crippen LogP contribution in [-0.2, 0) is 64.9 Å². The minimum absolute atomic E-state index is 0.00551. The predicted molar refractivity (Wildman–Crippen MR) is 457 cm³/mol. The Kier molecular flexibility index (Phi) is 33.5. The second-order valence-electron chi connectivity index (χ2n) is 30.8. The Balaban J connectivity index is 0.926. The molecule has 9 rings (SSSR count). The molecule has 1 fully saturated rings. The van der Waals surface area contributed by atoms with E-state index in [1.54, 1.807) is 103 Å². The molecular formula is C85H103ClFN14O20S2+. The number of piperazine rings is 1. The second-order valence-corrected chi connectivity index (χ2v) is 33.8. The fourth-order valence-corrected chi connectivity index (χ4v) is 15.0. The molecule has 1 saturated heterocycles. The van der Waals surface area contributed by atoms with Gasteiger partial charge in [-0.3, -0.25) is 19.0 Å². The highest BCUT2D eigenvalue weighted by Crippen LogP contribution is 2.50. The highest BCUT2D eigenvalue weighted by atomic mass is 35.5. The number of carbonyl (C=O) groups is 8. The number of carboxylic acid groups (broad SMARTS) is 1. The third-order valence-corrected chi connectivity index (χ3v) is 22.3. The fraction of sp³-hybridized carbons (Fsp3) is 0.412. The third kappa shape index (κ3) is 27.4. The van der Waals surface area contributed by atoms with Crippen LogP contribution >= 0.6 is 22.9 Å². The maximum Gasteiger partial charge on any atom is 0.415 e. The van der Waals surface area contributed by atoms with Gasteiger partial charge >= 0.3 is 36.4 Å². The lowest BCUT2D eigenvalue weighted by molar-refractivity contribution is -0.913. The minimum atomic E-state index is -4.07. The molecule has 8 amide bonds. The number of para-hydroxylation sites is 2. The Morgan fingerprint density at radius 3 is 2.20 bits per heavy atom. The first-order valence-corrected chi connectivity index (χ1v) is 42.1. The number of rotatable bonds is 39. The molecular weight excluding hydrogens is 1660 g/mol. The number of hydrogen-bond donors (Lipinski definition) is 7. The van der Waals surface area contributed by atoms with Crippen molar-refractivity contribution in [2.24, 2.45) is 11.7 Å². The molecule has 34 nitrogen and oxygen atoms in total. The van der Waals surface area contributed by atoms with E-state index in [1.807, 2.05) is 18.2 Å². The van der Waals surface area contributed by atoms with Crippen molar-refractivity contribution in [3.63, 3.8) is 0 Å². The molecule has 0 aliphatic carbocycles. The average molecular weight is 1760 g/mol. The van der Waals surface area contributed by atoms with Crippen LogP contribution in [0.4, 0.5) is 34.1 Å². The van der Waals surface area contributed by atoms with E-state index in [0.717, 1.165) is 35.4 Å². The monoisotopic (exact) mass is 1760 g/mol. The fourth-order valence-electron chi connectivity index (χ4n) is 13.2. The molecule has 4 heterocycles. The first-order valence-electron chi connectivity index (χ1n) is 39.3. The van der Waals surface area contributed by atoms with Crippen molar-refractivity contribution in [3.8, 4) is 74.2 Å². The Bertz CT molecular complexity index is 5280. The molecule has 3 aromatic heterocycles. The minimum Gasteiger partial charge on any atom is -0.496 e. The van der Waals surface area contributed by atoms with Crippen LogP contribution in [0.25, 0.3) is 43.2 Å². The molecule has 8 aromatic rings. The first-order chi connectivity index (χ1) is 58.4. The van der Waals surface area contributed by atoms with Crippen LogP contribution < -0.4 is 50.7 Å². The number of anilines is 1. The molecule has 1 aliphatic heterocycles. The number of likely N-dealkylation sites (N-methyl/N-ethyl adjacent to an activating group) is 3. The predicted octanol–water partition coefficient (Wildman–Crippen LogP) is 11.0. The lowest BCUT2D eigenvalue weighted by Gasteiger charge is -2.42. The summed E-state index contributed by atoms with van der Waals surface area (Å²) in [6, 6.07) is 24.6. The topological polar surface area (TPSA) is 424 Å².